The quantitative estimate of drug-likeness (QED) is 0.395. The lowest BCUT2D eigenvalue weighted by Crippen LogP contribution is -2.39. The van der Waals surface area contributed by atoms with E-state index in [9.17, 15) is 8.78 Å². The van der Waals surface area contributed by atoms with Crippen LogP contribution in [0.1, 0.15) is 31.7 Å². The van der Waals surface area contributed by atoms with Crippen LogP contribution in [-0.4, -0.2) is 39.3 Å². The molecule has 0 aliphatic rings. The van der Waals surface area contributed by atoms with E-state index in [2.05, 4.69) is 22.5 Å². The predicted molar refractivity (Wildman–Crippen MR) is 89.8 cm³/mol. The lowest BCUT2D eigenvalue weighted by molar-refractivity contribution is 0.129. The van der Waals surface area contributed by atoms with Crippen LogP contribution in [0, 0.1) is 11.6 Å². The molecule has 130 valence electrons. The minimum absolute atomic E-state index is 0.523. The number of hydrogen-bond donors (Lipinski definition) is 2. The second kappa shape index (κ2) is 11.8. The number of benzene rings is 1. The van der Waals surface area contributed by atoms with E-state index in [-0.39, 0.29) is 0 Å². The van der Waals surface area contributed by atoms with Crippen LogP contribution in [0.4, 0.5) is 8.78 Å². The first-order valence-electron chi connectivity index (χ1n) is 8.13. The van der Waals surface area contributed by atoms with Crippen molar-refractivity contribution < 1.29 is 13.5 Å². The molecule has 0 bridgehead atoms. The van der Waals surface area contributed by atoms with Crippen molar-refractivity contribution in [3.8, 4) is 0 Å². The molecule has 23 heavy (non-hydrogen) atoms. The Hall–Kier alpha value is -1.69. The summed E-state index contributed by atoms with van der Waals surface area (Å²) < 4.78 is 31.7. The van der Waals surface area contributed by atoms with E-state index >= 15 is 0 Å². The zero-order chi connectivity index (χ0) is 16.9. The van der Waals surface area contributed by atoms with Crippen LogP contribution in [0.5, 0.6) is 0 Å². The van der Waals surface area contributed by atoms with Crippen molar-refractivity contribution in [1.29, 1.82) is 0 Å². The molecule has 0 fully saturated rings. The summed E-state index contributed by atoms with van der Waals surface area (Å²) in [4.78, 5) is 4.11. The Morgan fingerprint density at radius 3 is 2.35 bits per heavy atom. The van der Waals surface area contributed by atoms with Gasteiger partial charge in [-0.1, -0.05) is 13.3 Å². The van der Waals surface area contributed by atoms with Gasteiger partial charge in [0.25, 0.3) is 0 Å². The molecule has 1 aromatic carbocycles. The van der Waals surface area contributed by atoms with Gasteiger partial charge in [0.1, 0.15) is 11.6 Å². The van der Waals surface area contributed by atoms with Gasteiger partial charge < -0.3 is 15.4 Å². The van der Waals surface area contributed by atoms with Crippen molar-refractivity contribution in [2.24, 2.45) is 4.99 Å². The molecule has 2 N–H and O–H groups in total. The molecule has 0 spiro atoms. The van der Waals surface area contributed by atoms with Crippen LogP contribution >= 0.6 is 0 Å². The summed E-state index contributed by atoms with van der Waals surface area (Å²) in [5, 5.41) is 6.30. The molecule has 0 unspecified atom stereocenters. The highest BCUT2D eigenvalue weighted by molar-refractivity contribution is 5.79. The van der Waals surface area contributed by atoms with E-state index in [0.717, 1.165) is 45.1 Å². The molecule has 1 aromatic rings. The van der Waals surface area contributed by atoms with Crippen LogP contribution in [0.15, 0.2) is 23.2 Å². The Morgan fingerprint density at radius 1 is 1.04 bits per heavy atom. The molecule has 0 saturated carbocycles. The molecule has 0 heterocycles. The van der Waals surface area contributed by atoms with E-state index in [1.54, 1.807) is 7.05 Å². The summed E-state index contributed by atoms with van der Waals surface area (Å²) in [6, 6.07) is 3.56. The third kappa shape index (κ3) is 9.13. The molecule has 4 nitrogen and oxygen atoms in total. The number of halogens is 2. The maximum absolute atomic E-state index is 13.1. The fourth-order valence-electron chi connectivity index (χ4n) is 2.03. The number of rotatable bonds is 10. The maximum Gasteiger partial charge on any atom is 0.190 e. The van der Waals surface area contributed by atoms with Gasteiger partial charge in [-0.2, -0.15) is 0 Å². The van der Waals surface area contributed by atoms with E-state index in [4.69, 9.17) is 4.74 Å². The largest absolute Gasteiger partial charge is 0.381 e. The molecular formula is C17H27F2N3O. The topological polar surface area (TPSA) is 45.6 Å². The molecular weight excluding hydrogens is 300 g/mol. The highest BCUT2D eigenvalue weighted by atomic mass is 19.1. The minimum atomic E-state index is -0.550. The Morgan fingerprint density at radius 2 is 1.70 bits per heavy atom. The Labute approximate surface area is 137 Å². The summed E-state index contributed by atoms with van der Waals surface area (Å²) >= 11 is 0. The summed E-state index contributed by atoms with van der Waals surface area (Å²) in [7, 11) is 1.69. The number of guanidine groups is 1. The van der Waals surface area contributed by atoms with Crippen LogP contribution in [0.25, 0.3) is 0 Å². The number of aliphatic imine (C=N–C) groups is 1. The van der Waals surface area contributed by atoms with Crippen molar-refractivity contribution in [2.45, 2.75) is 32.6 Å². The highest BCUT2D eigenvalue weighted by Crippen LogP contribution is 2.07. The van der Waals surface area contributed by atoms with E-state index in [1.807, 2.05) is 0 Å². The van der Waals surface area contributed by atoms with E-state index < -0.39 is 11.6 Å². The molecule has 0 aromatic heterocycles. The van der Waals surface area contributed by atoms with Crippen molar-refractivity contribution in [3.63, 3.8) is 0 Å². The summed E-state index contributed by atoms with van der Waals surface area (Å²) in [6.07, 6.45) is 3.66. The highest BCUT2D eigenvalue weighted by Gasteiger charge is 2.02. The zero-order valence-corrected chi connectivity index (χ0v) is 14.0. The molecule has 0 radical (unpaired) electrons. The van der Waals surface area contributed by atoms with Gasteiger partial charge in [0.15, 0.2) is 5.96 Å². The van der Waals surface area contributed by atoms with Gasteiger partial charge in [-0.05, 0) is 37.0 Å². The molecule has 0 aliphatic carbocycles. The van der Waals surface area contributed by atoms with Crippen LogP contribution < -0.4 is 10.6 Å². The van der Waals surface area contributed by atoms with Gasteiger partial charge >= 0.3 is 0 Å². The average molecular weight is 327 g/mol. The maximum atomic E-state index is 13.1. The van der Waals surface area contributed by atoms with Crippen molar-refractivity contribution in [2.75, 3.05) is 33.4 Å². The number of hydrogen-bond acceptors (Lipinski definition) is 2. The van der Waals surface area contributed by atoms with Gasteiger partial charge in [0.2, 0.25) is 0 Å². The van der Waals surface area contributed by atoms with Crippen LogP contribution in [0.3, 0.4) is 0 Å². The second-order valence-corrected chi connectivity index (χ2v) is 5.27. The first kappa shape index (κ1) is 19.4. The Bertz CT molecular complexity index is 461. The molecule has 0 aliphatic heterocycles. The van der Waals surface area contributed by atoms with E-state index in [0.29, 0.717) is 24.5 Å². The molecule has 0 amide bonds. The van der Waals surface area contributed by atoms with Gasteiger partial charge in [0, 0.05) is 39.4 Å². The zero-order valence-electron chi connectivity index (χ0n) is 14.0. The molecule has 0 saturated heterocycles. The molecule has 6 heteroatoms. The lowest BCUT2D eigenvalue weighted by atomic mass is 10.1. The third-order valence-electron chi connectivity index (χ3n) is 3.25. The van der Waals surface area contributed by atoms with Gasteiger partial charge in [-0.25, -0.2) is 8.78 Å². The summed E-state index contributed by atoms with van der Waals surface area (Å²) in [5.74, 6) is -0.424. The van der Waals surface area contributed by atoms with Gasteiger partial charge in [0.05, 0.1) is 0 Å². The van der Waals surface area contributed by atoms with Gasteiger partial charge in [-0.15, -0.1) is 0 Å². The monoisotopic (exact) mass is 327 g/mol. The van der Waals surface area contributed by atoms with Crippen molar-refractivity contribution in [3.05, 3.63) is 35.4 Å². The molecule has 1 rings (SSSR count). The summed E-state index contributed by atoms with van der Waals surface area (Å²) in [5.41, 5.74) is 0.620. The van der Waals surface area contributed by atoms with Crippen molar-refractivity contribution >= 4 is 5.96 Å². The number of unbranched alkanes of at least 4 members (excludes halogenated alkanes) is 1. The fourth-order valence-corrected chi connectivity index (χ4v) is 2.03. The third-order valence-corrected chi connectivity index (χ3v) is 3.25. The Balaban J connectivity index is 2.16. The number of ether oxygens (including phenoxy) is 1. The second-order valence-electron chi connectivity index (χ2n) is 5.27. The Kier molecular flexibility index (Phi) is 9.95. The predicted octanol–water partition coefficient (Wildman–Crippen LogP) is 2.88. The normalized spacial score (nSPS) is 11.6. The number of nitrogens with one attached hydrogen (secondary N) is 2. The van der Waals surface area contributed by atoms with Crippen LogP contribution in [-0.2, 0) is 11.2 Å². The fraction of sp³-hybridized carbons (Fsp3) is 0.588. The van der Waals surface area contributed by atoms with Crippen LogP contribution in [0.2, 0.25) is 0 Å². The standard InChI is InChI=1S/C17H27F2N3O/c1-3-4-9-23-10-5-7-21-17(20-2)22-8-6-14-11-15(18)13-16(19)12-14/h11-13H,3-10H2,1-2H3,(H2,20,21,22). The minimum Gasteiger partial charge on any atom is -0.381 e. The average Bonchev–Trinajstić information content (AvgIpc) is 2.51. The summed E-state index contributed by atoms with van der Waals surface area (Å²) in [6.45, 7) is 5.00. The number of nitrogens with zero attached hydrogens (tertiary/aromatic N) is 1. The molecule has 0 atom stereocenters. The first-order chi connectivity index (χ1) is 11.2. The smallest absolute Gasteiger partial charge is 0.190 e. The van der Waals surface area contributed by atoms with E-state index in [1.165, 1.54) is 12.1 Å². The van der Waals surface area contributed by atoms with Gasteiger partial charge in [-0.3, -0.25) is 4.99 Å². The van der Waals surface area contributed by atoms with Crippen molar-refractivity contribution in [1.82, 2.24) is 10.6 Å². The first-order valence-corrected chi connectivity index (χ1v) is 8.13. The SMILES string of the molecule is CCCCOCCCNC(=NC)NCCc1cc(F)cc(F)c1. The lowest BCUT2D eigenvalue weighted by Gasteiger charge is -2.12.